The van der Waals surface area contributed by atoms with Crippen molar-refractivity contribution in [2.75, 3.05) is 0 Å². The van der Waals surface area contributed by atoms with Crippen molar-refractivity contribution in [1.82, 2.24) is 14.9 Å². The number of hydrogen-bond donors (Lipinski definition) is 1. The van der Waals surface area contributed by atoms with E-state index >= 15 is 0 Å². The Kier molecular flexibility index (Phi) is 4.94. The molecule has 4 heteroatoms. The van der Waals surface area contributed by atoms with Gasteiger partial charge in [0.1, 0.15) is 5.82 Å². The van der Waals surface area contributed by atoms with Gasteiger partial charge in [-0.15, -0.1) is 0 Å². The second kappa shape index (κ2) is 7.69. The highest BCUT2D eigenvalue weighted by Gasteiger charge is 2.22. The van der Waals surface area contributed by atoms with E-state index < -0.39 is 0 Å². The quantitative estimate of drug-likeness (QED) is 0.559. The van der Waals surface area contributed by atoms with E-state index in [4.69, 9.17) is 4.98 Å². The molecule has 1 heterocycles. The topological polar surface area (TPSA) is 46.9 Å². The Morgan fingerprint density at radius 1 is 1.00 bits per heavy atom. The first-order valence-corrected chi connectivity index (χ1v) is 9.44. The number of rotatable bonds is 5. The SMILES string of the molecule is Cc1cccc(C(=O)N[C@H](Cc2ccccc2)c2nc3ccccc3n2C)c1. The molecule has 0 bridgehead atoms. The summed E-state index contributed by atoms with van der Waals surface area (Å²) in [6.45, 7) is 1.99. The number of carbonyl (C=O) groups excluding carboxylic acids is 1. The van der Waals surface area contributed by atoms with Gasteiger partial charge in [0, 0.05) is 12.6 Å². The lowest BCUT2D eigenvalue weighted by molar-refractivity contribution is 0.0934. The van der Waals surface area contributed by atoms with Crippen LogP contribution in [0.1, 0.15) is 33.4 Å². The predicted molar refractivity (Wildman–Crippen MR) is 112 cm³/mol. The van der Waals surface area contributed by atoms with Crippen molar-refractivity contribution in [3.63, 3.8) is 0 Å². The fraction of sp³-hybridized carbons (Fsp3) is 0.167. The van der Waals surface area contributed by atoms with Crippen molar-refractivity contribution in [2.24, 2.45) is 7.05 Å². The Hall–Kier alpha value is -3.40. The standard InChI is InChI=1S/C24H23N3O/c1-17-9-8-12-19(15-17)24(28)26-21(16-18-10-4-3-5-11-18)23-25-20-13-6-7-14-22(20)27(23)2/h3-15,21H,16H2,1-2H3,(H,26,28)/t21-/m1/s1. The maximum absolute atomic E-state index is 12.9. The van der Waals surface area contributed by atoms with Crippen molar-refractivity contribution in [3.05, 3.63) is 101 Å². The molecule has 0 aliphatic carbocycles. The third kappa shape index (κ3) is 3.67. The van der Waals surface area contributed by atoms with Crippen LogP contribution in [-0.4, -0.2) is 15.5 Å². The molecular weight excluding hydrogens is 346 g/mol. The Morgan fingerprint density at radius 2 is 1.75 bits per heavy atom. The van der Waals surface area contributed by atoms with Gasteiger partial charge in [-0.05, 0) is 43.2 Å². The first-order chi connectivity index (χ1) is 13.6. The first kappa shape index (κ1) is 18.0. The van der Waals surface area contributed by atoms with Gasteiger partial charge in [0.05, 0.1) is 17.1 Å². The minimum absolute atomic E-state index is 0.0864. The third-order valence-electron chi connectivity index (χ3n) is 5.00. The molecule has 0 radical (unpaired) electrons. The summed E-state index contributed by atoms with van der Waals surface area (Å²) in [7, 11) is 2.00. The molecule has 0 saturated carbocycles. The summed E-state index contributed by atoms with van der Waals surface area (Å²) < 4.78 is 2.07. The van der Waals surface area contributed by atoms with Gasteiger partial charge in [0.15, 0.2) is 0 Å². The number of aryl methyl sites for hydroxylation is 2. The van der Waals surface area contributed by atoms with E-state index in [-0.39, 0.29) is 11.9 Å². The number of aromatic nitrogens is 2. The maximum atomic E-state index is 12.9. The van der Waals surface area contributed by atoms with Crippen molar-refractivity contribution < 1.29 is 4.79 Å². The molecule has 28 heavy (non-hydrogen) atoms. The molecule has 1 aromatic heterocycles. The summed E-state index contributed by atoms with van der Waals surface area (Å²) >= 11 is 0. The van der Waals surface area contributed by atoms with Crippen LogP contribution in [0.2, 0.25) is 0 Å². The Bertz CT molecular complexity index is 1120. The lowest BCUT2D eigenvalue weighted by Crippen LogP contribution is -2.31. The van der Waals surface area contributed by atoms with E-state index in [1.807, 2.05) is 80.7 Å². The van der Waals surface area contributed by atoms with Crippen LogP contribution in [0, 0.1) is 6.92 Å². The summed E-state index contributed by atoms with van der Waals surface area (Å²) in [6, 6.07) is 25.6. The van der Waals surface area contributed by atoms with Crippen LogP contribution in [0.5, 0.6) is 0 Å². The Morgan fingerprint density at radius 3 is 2.50 bits per heavy atom. The summed E-state index contributed by atoms with van der Waals surface area (Å²) in [4.78, 5) is 17.8. The average Bonchev–Trinajstić information content (AvgIpc) is 3.05. The van der Waals surface area contributed by atoms with Crippen LogP contribution in [0.25, 0.3) is 11.0 Å². The maximum Gasteiger partial charge on any atom is 0.251 e. The number of hydrogen-bond acceptors (Lipinski definition) is 2. The molecule has 0 saturated heterocycles. The first-order valence-electron chi connectivity index (χ1n) is 9.44. The van der Waals surface area contributed by atoms with Gasteiger partial charge in [-0.2, -0.15) is 0 Å². The Labute approximate surface area is 164 Å². The largest absolute Gasteiger partial charge is 0.342 e. The van der Waals surface area contributed by atoms with Gasteiger partial charge in [0.25, 0.3) is 5.91 Å². The van der Waals surface area contributed by atoms with Crippen molar-refractivity contribution in [2.45, 2.75) is 19.4 Å². The van der Waals surface area contributed by atoms with Crippen LogP contribution < -0.4 is 5.32 Å². The summed E-state index contributed by atoms with van der Waals surface area (Å²) in [6.07, 6.45) is 0.676. The smallest absolute Gasteiger partial charge is 0.251 e. The van der Waals surface area contributed by atoms with Gasteiger partial charge in [-0.25, -0.2) is 4.98 Å². The number of para-hydroxylation sites is 2. The van der Waals surface area contributed by atoms with Crippen LogP contribution in [0.4, 0.5) is 0 Å². The zero-order valence-electron chi connectivity index (χ0n) is 16.1. The van der Waals surface area contributed by atoms with Gasteiger partial charge in [0.2, 0.25) is 0 Å². The van der Waals surface area contributed by atoms with Crippen LogP contribution in [-0.2, 0) is 13.5 Å². The molecule has 1 N–H and O–H groups in total. The number of nitrogens with one attached hydrogen (secondary N) is 1. The molecule has 0 spiro atoms. The molecule has 140 valence electrons. The molecule has 0 aliphatic rings. The van der Waals surface area contributed by atoms with E-state index in [1.54, 1.807) is 0 Å². The van der Waals surface area contributed by atoms with Crippen LogP contribution >= 0.6 is 0 Å². The number of imidazole rings is 1. The summed E-state index contributed by atoms with van der Waals surface area (Å²) in [5.41, 5.74) is 4.87. The van der Waals surface area contributed by atoms with E-state index in [2.05, 4.69) is 22.0 Å². The molecule has 1 atom stereocenters. The molecule has 4 aromatic rings. The molecule has 0 unspecified atom stereocenters. The fourth-order valence-electron chi connectivity index (χ4n) is 3.56. The number of amides is 1. The number of carbonyl (C=O) groups is 1. The van der Waals surface area contributed by atoms with E-state index in [0.29, 0.717) is 12.0 Å². The summed E-state index contributed by atoms with van der Waals surface area (Å²) in [5, 5.41) is 3.20. The van der Waals surface area contributed by atoms with E-state index in [1.165, 1.54) is 0 Å². The highest BCUT2D eigenvalue weighted by molar-refractivity contribution is 5.94. The number of nitrogens with zero attached hydrogens (tertiary/aromatic N) is 2. The zero-order valence-corrected chi connectivity index (χ0v) is 16.1. The molecule has 3 aromatic carbocycles. The average molecular weight is 369 g/mol. The zero-order chi connectivity index (χ0) is 19.5. The van der Waals surface area contributed by atoms with Crippen molar-refractivity contribution in [3.8, 4) is 0 Å². The van der Waals surface area contributed by atoms with Crippen molar-refractivity contribution >= 4 is 16.9 Å². The van der Waals surface area contributed by atoms with Crippen LogP contribution in [0.15, 0.2) is 78.9 Å². The van der Waals surface area contributed by atoms with E-state index in [0.717, 1.165) is 28.0 Å². The molecule has 4 rings (SSSR count). The summed E-state index contributed by atoms with van der Waals surface area (Å²) in [5.74, 6) is 0.766. The number of benzene rings is 3. The normalized spacial score (nSPS) is 12.1. The second-order valence-corrected chi connectivity index (χ2v) is 7.10. The molecule has 0 fully saturated rings. The van der Waals surface area contributed by atoms with Gasteiger partial charge in [-0.1, -0.05) is 60.2 Å². The minimum Gasteiger partial charge on any atom is -0.342 e. The Balaban J connectivity index is 1.71. The molecule has 1 amide bonds. The third-order valence-corrected chi connectivity index (χ3v) is 5.00. The highest BCUT2D eigenvalue weighted by Crippen LogP contribution is 2.23. The predicted octanol–water partition coefficient (Wildman–Crippen LogP) is 4.60. The lowest BCUT2D eigenvalue weighted by Gasteiger charge is -2.19. The molecule has 0 aliphatic heterocycles. The molecular formula is C24H23N3O. The number of fused-ring (bicyclic) bond motifs is 1. The van der Waals surface area contributed by atoms with Gasteiger partial charge < -0.3 is 9.88 Å². The second-order valence-electron chi connectivity index (χ2n) is 7.10. The van der Waals surface area contributed by atoms with Gasteiger partial charge >= 0.3 is 0 Å². The van der Waals surface area contributed by atoms with Crippen LogP contribution in [0.3, 0.4) is 0 Å². The monoisotopic (exact) mass is 369 g/mol. The van der Waals surface area contributed by atoms with Gasteiger partial charge in [-0.3, -0.25) is 4.79 Å². The minimum atomic E-state index is -0.229. The fourth-order valence-corrected chi connectivity index (χ4v) is 3.56. The van der Waals surface area contributed by atoms with Crippen molar-refractivity contribution in [1.29, 1.82) is 0 Å². The van der Waals surface area contributed by atoms with E-state index in [9.17, 15) is 4.79 Å². The highest BCUT2D eigenvalue weighted by atomic mass is 16.1. The molecule has 4 nitrogen and oxygen atoms in total. The lowest BCUT2D eigenvalue weighted by atomic mass is 10.0.